The van der Waals surface area contributed by atoms with Gasteiger partial charge in [-0.2, -0.15) is 0 Å². The number of rotatable bonds is 7. The number of allylic oxidation sites excluding steroid dienone is 1. The molecule has 0 radical (unpaired) electrons. The van der Waals surface area contributed by atoms with Gasteiger partial charge in [-0.25, -0.2) is 0 Å². The summed E-state index contributed by atoms with van der Waals surface area (Å²) < 4.78 is 0. The lowest BCUT2D eigenvalue weighted by Crippen LogP contribution is -2.53. The maximum atomic E-state index is 12.9. The normalized spacial score (nSPS) is 41.9. The molecular formula is C19H30O. The van der Waals surface area contributed by atoms with E-state index >= 15 is 0 Å². The predicted molar refractivity (Wildman–Crippen MR) is 83.5 cm³/mol. The van der Waals surface area contributed by atoms with Crippen molar-refractivity contribution in [3.63, 3.8) is 0 Å². The van der Waals surface area contributed by atoms with Crippen molar-refractivity contribution >= 4 is 5.78 Å². The van der Waals surface area contributed by atoms with Crippen LogP contribution < -0.4 is 0 Å². The van der Waals surface area contributed by atoms with Gasteiger partial charge < -0.3 is 0 Å². The third-order valence-corrected chi connectivity index (χ3v) is 6.26. The molecule has 4 saturated carbocycles. The molecular weight excluding hydrogens is 244 g/mol. The SMILES string of the molecule is C=CCCCCCC(=O)C12CC3CC(CC(C)(C3)C1)C2. The first kappa shape index (κ1) is 14.4. The summed E-state index contributed by atoms with van der Waals surface area (Å²) in [5.41, 5.74) is 0.611. The molecule has 0 amide bonds. The molecule has 0 aromatic carbocycles. The second kappa shape index (κ2) is 5.31. The van der Waals surface area contributed by atoms with Crippen LogP contribution in [0, 0.1) is 22.7 Å². The molecule has 0 aromatic rings. The van der Waals surface area contributed by atoms with Crippen molar-refractivity contribution in [3.8, 4) is 0 Å². The molecule has 2 atom stereocenters. The topological polar surface area (TPSA) is 17.1 Å². The van der Waals surface area contributed by atoms with Crippen LogP contribution in [0.1, 0.15) is 77.6 Å². The summed E-state index contributed by atoms with van der Waals surface area (Å²) >= 11 is 0. The Kier molecular flexibility index (Phi) is 3.81. The van der Waals surface area contributed by atoms with Crippen LogP contribution in [-0.4, -0.2) is 5.78 Å². The van der Waals surface area contributed by atoms with Crippen LogP contribution in [0.5, 0.6) is 0 Å². The molecule has 0 heterocycles. The number of Topliss-reactive ketones (excluding diaryl/α,β-unsaturated/α-hetero) is 1. The second-order valence-corrected chi connectivity index (χ2v) is 8.36. The Morgan fingerprint density at radius 3 is 2.45 bits per heavy atom. The molecule has 4 bridgehead atoms. The van der Waals surface area contributed by atoms with Crippen LogP contribution in [0.25, 0.3) is 0 Å². The molecule has 0 N–H and O–H groups in total. The van der Waals surface area contributed by atoms with Crippen LogP contribution in [0.15, 0.2) is 12.7 Å². The number of hydrogen-bond acceptors (Lipinski definition) is 1. The highest BCUT2D eigenvalue weighted by Gasteiger charge is 2.58. The van der Waals surface area contributed by atoms with Gasteiger partial charge in [0, 0.05) is 11.8 Å². The van der Waals surface area contributed by atoms with Crippen LogP contribution in [0.4, 0.5) is 0 Å². The molecule has 2 unspecified atom stereocenters. The summed E-state index contributed by atoms with van der Waals surface area (Å²) in [4.78, 5) is 12.9. The lowest BCUT2D eigenvalue weighted by molar-refractivity contribution is -0.153. The molecule has 0 aliphatic heterocycles. The van der Waals surface area contributed by atoms with Crippen molar-refractivity contribution in [2.45, 2.75) is 77.6 Å². The van der Waals surface area contributed by atoms with E-state index in [1.165, 1.54) is 51.4 Å². The number of carbonyl (C=O) groups is 1. The first-order valence-electron chi connectivity index (χ1n) is 8.69. The fraction of sp³-hybridized carbons (Fsp3) is 0.842. The van der Waals surface area contributed by atoms with Crippen molar-refractivity contribution in [3.05, 3.63) is 12.7 Å². The first-order valence-corrected chi connectivity index (χ1v) is 8.69. The quantitative estimate of drug-likeness (QED) is 0.455. The Balaban J connectivity index is 1.58. The summed E-state index contributed by atoms with van der Waals surface area (Å²) in [6, 6.07) is 0. The Morgan fingerprint density at radius 2 is 1.85 bits per heavy atom. The van der Waals surface area contributed by atoms with Gasteiger partial charge in [0.1, 0.15) is 5.78 Å². The van der Waals surface area contributed by atoms with E-state index in [0.29, 0.717) is 11.2 Å². The highest BCUT2D eigenvalue weighted by molar-refractivity contribution is 5.85. The van der Waals surface area contributed by atoms with Gasteiger partial charge in [-0.15, -0.1) is 6.58 Å². The van der Waals surface area contributed by atoms with E-state index in [1.54, 1.807) is 0 Å². The molecule has 4 aliphatic carbocycles. The second-order valence-electron chi connectivity index (χ2n) is 8.36. The largest absolute Gasteiger partial charge is 0.299 e. The van der Waals surface area contributed by atoms with Crippen LogP contribution in [0.3, 0.4) is 0 Å². The van der Waals surface area contributed by atoms with Crippen LogP contribution in [0.2, 0.25) is 0 Å². The highest BCUT2D eigenvalue weighted by atomic mass is 16.1. The van der Waals surface area contributed by atoms with Gasteiger partial charge in [-0.3, -0.25) is 4.79 Å². The summed E-state index contributed by atoms with van der Waals surface area (Å²) in [5.74, 6) is 2.35. The molecule has 4 fully saturated rings. The summed E-state index contributed by atoms with van der Waals surface area (Å²) in [6.07, 6.45) is 15.3. The van der Waals surface area contributed by atoms with Gasteiger partial charge in [-0.05, 0) is 75.0 Å². The van der Waals surface area contributed by atoms with Gasteiger partial charge in [0.15, 0.2) is 0 Å². The number of hydrogen-bond donors (Lipinski definition) is 0. The minimum Gasteiger partial charge on any atom is -0.299 e. The molecule has 4 aliphatic rings. The number of unbranched alkanes of at least 4 members (excludes halogenated alkanes) is 3. The van der Waals surface area contributed by atoms with Crippen molar-refractivity contribution in [2.24, 2.45) is 22.7 Å². The zero-order chi connectivity index (χ0) is 14.2. The minimum absolute atomic E-state index is 0.108. The van der Waals surface area contributed by atoms with Gasteiger partial charge in [0.25, 0.3) is 0 Å². The van der Waals surface area contributed by atoms with E-state index in [0.717, 1.165) is 31.1 Å². The molecule has 0 saturated heterocycles. The maximum absolute atomic E-state index is 12.9. The Hall–Kier alpha value is -0.590. The third kappa shape index (κ3) is 2.61. The highest BCUT2D eigenvalue weighted by Crippen LogP contribution is 2.65. The molecule has 1 nitrogen and oxygen atoms in total. The Morgan fingerprint density at radius 1 is 1.15 bits per heavy atom. The lowest BCUT2D eigenvalue weighted by Gasteiger charge is -2.60. The van der Waals surface area contributed by atoms with E-state index in [9.17, 15) is 4.79 Å². The Labute approximate surface area is 124 Å². The average molecular weight is 274 g/mol. The molecule has 1 heteroatoms. The van der Waals surface area contributed by atoms with Gasteiger partial charge in [0.2, 0.25) is 0 Å². The maximum Gasteiger partial charge on any atom is 0.139 e. The number of ketones is 1. The summed E-state index contributed by atoms with van der Waals surface area (Å²) in [5, 5.41) is 0. The zero-order valence-corrected chi connectivity index (χ0v) is 13.1. The van der Waals surface area contributed by atoms with Gasteiger partial charge >= 0.3 is 0 Å². The molecule has 112 valence electrons. The third-order valence-electron chi connectivity index (χ3n) is 6.26. The molecule has 0 aromatic heterocycles. The van der Waals surface area contributed by atoms with Crippen molar-refractivity contribution in [2.75, 3.05) is 0 Å². The van der Waals surface area contributed by atoms with Gasteiger partial charge in [0.05, 0.1) is 0 Å². The lowest BCUT2D eigenvalue weighted by atomic mass is 9.43. The van der Waals surface area contributed by atoms with Crippen LogP contribution >= 0.6 is 0 Å². The fourth-order valence-corrected chi connectivity index (χ4v) is 6.06. The minimum atomic E-state index is 0.108. The number of carbonyl (C=O) groups excluding carboxylic acids is 1. The molecule has 4 rings (SSSR count). The average Bonchev–Trinajstić information content (AvgIpc) is 2.35. The van der Waals surface area contributed by atoms with Crippen molar-refractivity contribution in [1.82, 2.24) is 0 Å². The summed E-state index contributed by atoms with van der Waals surface area (Å²) in [6.45, 7) is 6.22. The van der Waals surface area contributed by atoms with E-state index in [4.69, 9.17) is 0 Å². The fourth-order valence-electron chi connectivity index (χ4n) is 6.06. The van der Waals surface area contributed by atoms with Crippen molar-refractivity contribution in [1.29, 1.82) is 0 Å². The molecule has 0 spiro atoms. The monoisotopic (exact) mass is 274 g/mol. The van der Waals surface area contributed by atoms with E-state index in [1.807, 2.05) is 6.08 Å². The molecule has 20 heavy (non-hydrogen) atoms. The zero-order valence-electron chi connectivity index (χ0n) is 13.1. The van der Waals surface area contributed by atoms with Crippen molar-refractivity contribution < 1.29 is 4.79 Å². The van der Waals surface area contributed by atoms with E-state index in [-0.39, 0.29) is 5.41 Å². The smallest absolute Gasteiger partial charge is 0.139 e. The van der Waals surface area contributed by atoms with E-state index in [2.05, 4.69) is 13.5 Å². The van der Waals surface area contributed by atoms with Crippen LogP contribution in [-0.2, 0) is 4.79 Å². The predicted octanol–water partition coefficient (Wildman–Crippen LogP) is 5.30. The van der Waals surface area contributed by atoms with E-state index < -0.39 is 0 Å². The summed E-state index contributed by atoms with van der Waals surface area (Å²) in [7, 11) is 0. The Bertz CT molecular complexity index is 381. The van der Waals surface area contributed by atoms with Gasteiger partial charge in [-0.1, -0.05) is 19.4 Å². The standard InChI is InChI=1S/C19H30O/c1-3-4-5-6-7-8-17(20)19-12-15-9-16(13-19)11-18(2,10-15)14-19/h3,15-16H,1,4-14H2,2H3. The first-order chi connectivity index (χ1) is 9.55.